The molecule has 43 heteroatoms. The lowest BCUT2D eigenvalue weighted by Crippen LogP contribution is -2.70. The van der Waals surface area contributed by atoms with Crippen LogP contribution >= 0.6 is 0 Å². The fraction of sp³-hybridized carbons (Fsp3) is 0.906. The Morgan fingerprint density at radius 2 is 0.802 bits per heavy atom. The summed E-state index contributed by atoms with van der Waals surface area (Å²) < 4.78 is 75.1. The molecule has 7 aliphatic rings. The molecule has 7 rings (SSSR count). The first kappa shape index (κ1) is 79.4. The van der Waals surface area contributed by atoms with E-state index in [0.717, 1.165) is 27.7 Å². The van der Waals surface area contributed by atoms with E-state index in [4.69, 9.17) is 61.6 Å². The van der Waals surface area contributed by atoms with E-state index in [1.807, 2.05) is 0 Å². The van der Waals surface area contributed by atoms with E-state index in [9.17, 15) is 131 Å². The van der Waals surface area contributed by atoms with Gasteiger partial charge in [-0.05, 0) is 0 Å². The van der Waals surface area contributed by atoms with E-state index >= 15 is 0 Å². The molecule has 7 fully saturated rings. The molecule has 0 aromatic carbocycles. The van der Waals surface area contributed by atoms with Gasteiger partial charge in [-0.2, -0.15) is 0 Å². The van der Waals surface area contributed by atoms with Gasteiger partial charge in [0.2, 0.25) is 23.6 Å². The molecular weight excluding hydrogens is 1320 g/mol. The summed E-state index contributed by atoms with van der Waals surface area (Å²) in [5.74, 6) is -8.33. The number of carboxylic acids is 1. The average molecular weight is 1410 g/mol. The van der Waals surface area contributed by atoms with Crippen LogP contribution in [0, 0.1) is 0 Å². The number of carboxylic acid groups (broad SMARTS) is 1. The summed E-state index contributed by atoms with van der Waals surface area (Å²) in [5.41, 5.74) is 0. The molecule has 0 bridgehead atoms. The molecule has 0 spiro atoms. The van der Waals surface area contributed by atoms with Crippen molar-refractivity contribution in [1.29, 1.82) is 0 Å². The third-order valence-electron chi connectivity index (χ3n) is 17.1. The van der Waals surface area contributed by atoms with Gasteiger partial charge in [-0.25, -0.2) is 4.79 Å². The zero-order chi connectivity index (χ0) is 71.3. The molecule has 0 aliphatic carbocycles. The van der Waals surface area contributed by atoms with Gasteiger partial charge in [0.25, 0.3) is 5.79 Å². The van der Waals surface area contributed by atoms with Gasteiger partial charge in [0.1, 0.15) is 165 Å². The molecule has 7 saturated heterocycles. The van der Waals surface area contributed by atoms with E-state index in [0.29, 0.717) is 0 Å². The molecule has 0 saturated carbocycles. The molecule has 96 heavy (non-hydrogen) atoms. The highest BCUT2D eigenvalue weighted by Crippen LogP contribution is 2.39. The zero-order valence-electron chi connectivity index (χ0n) is 51.6. The normalized spacial score (nSPS) is 46.0. The molecule has 36 atom stereocenters. The Hall–Kier alpha value is -3.97. The molecule has 554 valence electrons. The van der Waals surface area contributed by atoms with Crippen molar-refractivity contribution in [2.75, 3.05) is 46.2 Å². The number of hydrogen-bond acceptors (Lipinski definition) is 38. The number of carbonyl (C=O) groups excluding carboxylic acids is 4. The van der Waals surface area contributed by atoms with Gasteiger partial charge in [-0.15, -0.1) is 0 Å². The van der Waals surface area contributed by atoms with Crippen LogP contribution in [-0.4, -0.2) is 403 Å². The second kappa shape index (κ2) is 34.1. The SMILES string of the molecule is CC(=O)N[C@@H]1[C@@H](O)[C@H](O[C@@H]2O[C@H](CO)[C@@H](O[C@H]3O[C@H](CO[C@H]4O[C@H](CO)[C@@H](O)[C@H](O)[C@@H]4O[C@H]4O[C@H](CO)[C@@H](O[C@@H]5O[C@H](CO[C@]6(C(=O)O)C[C@H](O)[C@@H](NC(C)=O)[C@H]([C@H](O)[C@H](O)CO)O6)[C@H](O)[C@H](O)[C@H]5O)[C@H](O)[C@H]4NC(C)=O)[C@@H](O)[C@H](O)[C@@H]3O)[C@H](O)[C@H]2NC(C)=O)[C@@H](CO)O[C@H]1O. The maximum absolute atomic E-state index is 12.8. The van der Waals surface area contributed by atoms with Crippen LogP contribution in [0.4, 0.5) is 0 Å². The van der Waals surface area contributed by atoms with Gasteiger partial charge in [0.15, 0.2) is 37.7 Å². The van der Waals surface area contributed by atoms with Crippen LogP contribution in [0.1, 0.15) is 34.1 Å². The van der Waals surface area contributed by atoms with Crippen molar-refractivity contribution in [3.8, 4) is 0 Å². The molecule has 43 nitrogen and oxygen atoms in total. The molecule has 0 aromatic heterocycles. The quantitative estimate of drug-likeness (QED) is 0.0382. The summed E-state index contributed by atoms with van der Waals surface area (Å²) in [6, 6.07) is -6.82. The lowest BCUT2D eigenvalue weighted by molar-refractivity contribution is -0.381. The van der Waals surface area contributed by atoms with Crippen molar-refractivity contribution < 1.29 is 193 Å². The first-order chi connectivity index (χ1) is 45.2. The van der Waals surface area contributed by atoms with Crippen LogP contribution in [0.3, 0.4) is 0 Å². The lowest BCUT2D eigenvalue weighted by atomic mass is 9.88. The number of aliphatic hydroxyl groups is 20. The highest BCUT2D eigenvalue weighted by atomic mass is 16.8. The summed E-state index contributed by atoms with van der Waals surface area (Å²) in [6.07, 6.45) is -63.5. The summed E-state index contributed by atoms with van der Waals surface area (Å²) in [6.45, 7) is -3.42. The monoisotopic (exact) mass is 1400 g/mol. The molecule has 0 radical (unpaired) electrons. The van der Waals surface area contributed by atoms with Crippen molar-refractivity contribution in [2.24, 2.45) is 0 Å². The number of aliphatic carboxylic acids is 1. The first-order valence-electron chi connectivity index (χ1n) is 30.2. The van der Waals surface area contributed by atoms with Crippen LogP contribution in [0.25, 0.3) is 0 Å². The number of ether oxygens (including phenoxy) is 13. The van der Waals surface area contributed by atoms with Crippen molar-refractivity contribution in [3.63, 3.8) is 0 Å². The molecule has 7 aliphatic heterocycles. The van der Waals surface area contributed by atoms with Crippen LogP contribution in [0.15, 0.2) is 0 Å². The minimum absolute atomic E-state index is 0.728. The number of aliphatic hydroxyl groups excluding tert-OH is 20. The van der Waals surface area contributed by atoms with E-state index < -0.39 is 303 Å². The van der Waals surface area contributed by atoms with E-state index in [2.05, 4.69) is 21.3 Å². The van der Waals surface area contributed by atoms with Crippen molar-refractivity contribution >= 4 is 29.6 Å². The number of rotatable bonds is 26. The Labute approximate surface area is 543 Å². The Bertz CT molecular complexity index is 2540. The Balaban J connectivity index is 1.06. The Morgan fingerprint density at radius 3 is 1.24 bits per heavy atom. The second-order valence-corrected chi connectivity index (χ2v) is 24.0. The van der Waals surface area contributed by atoms with E-state index in [-0.39, 0.29) is 0 Å². The van der Waals surface area contributed by atoms with Gasteiger partial charge in [-0.1, -0.05) is 0 Å². The highest BCUT2D eigenvalue weighted by molar-refractivity contribution is 5.77. The third kappa shape index (κ3) is 17.7. The van der Waals surface area contributed by atoms with E-state index in [1.165, 1.54) is 0 Å². The fourth-order valence-corrected chi connectivity index (χ4v) is 12.1. The highest BCUT2D eigenvalue weighted by Gasteiger charge is 2.60. The predicted molar refractivity (Wildman–Crippen MR) is 295 cm³/mol. The standard InChI is InChI=1S/C53H88N4O39/c1-13(63)54-25-17(67)5-53(52(82)83,96-44(25)29(69)18(68)6-58)85-12-24-32(72)37(77)40(80)50(91-24)94-43-22(10-62)89-48(28(35(43)75)57-16(4)66)95-45-38(78)30(70)19(7-59)87-51(45)84-11-23-31(71)36(76)39(79)49(90-23)93-42-21(9-61)88-47(27(34(42)74)56-15(3)65)92-41-20(8-60)86-46(81)26(33(41)73)55-14(2)64/h17-51,58-62,67-81H,5-12H2,1-4H3,(H,54,63)(H,55,64)(H,56,65)(H,57,66)(H,82,83)/t17-,18+,19+,20+,21+,22+,23+,24+,25+,26+,27+,28+,29+,30+,31+,32-,33+,34+,35+,36-,37-,38-,39-,40+,41+,42+,43+,44+,45-,46+,47-,48+,49+,50-,51-,53+/m0/s1. The second-order valence-electron chi connectivity index (χ2n) is 24.0. The van der Waals surface area contributed by atoms with Crippen molar-refractivity contribution in [1.82, 2.24) is 21.3 Å². The zero-order valence-corrected chi connectivity index (χ0v) is 51.6. The van der Waals surface area contributed by atoms with Crippen molar-refractivity contribution in [2.45, 2.75) is 254 Å². The Morgan fingerprint density at radius 1 is 0.427 bits per heavy atom. The Kier molecular flexibility index (Phi) is 28.2. The van der Waals surface area contributed by atoms with Gasteiger partial charge in [0, 0.05) is 34.1 Å². The topological polar surface area (TPSA) is 678 Å². The maximum atomic E-state index is 12.8. The average Bonchev–Trinajstić information content (AvgIpc) is 0.761. The third-order valence-corrected chi connectivity index (χ3v) is 17.1. The summed E-state index contributed by atoms with van der Waals surface area (Å²) in [7, 11) is 0. The van der Waals surface area contributed by atoms with Crippen LogP contribution in [0.2, 0.25) is 0 Å². The lowest BCUT2D eigenvalue weighted by Gasteiger charge is -2.50. The van der Waals surface area contributed by atoms with E-state index in [1.54, 1.807) is 0 Å². The molecule has 0 aromatic rings. The van der Waals surface area contributed by atoms with Crippen LogP contribution < -0.4 is 21.3 Å². The van der Waals surface area contributed by atoms with Gasteiger partial charge in [0.05, 0.1) is 58.4 Å². The molecule has 0 unspecified atom stereocenters. The maximum Gasteiger partial charge on any atom is 0.364 e. The molecule has 4 amide bonds. The number of hydrogen-bond donors (Lipinski definition) is 25. The van der Waals surface area contributed by atoms with Crippen LogP contribution in [-0.2, 0) is 85.6 Å². The molecular formula is C53H88N4O39. The predicted octanol–water partition coefficient (Wildman–Crippen LogP) is -16.5. The minimum atomic E-state index is -3.02. The first-order valence-corrected chi connectivity index (χ1v) is 30.2. The van der Waals surface area contributed by atoms with Crippen LogP contribution in [0.5, 0.6) is 0 Å². The largest absolute Gasteiger partial charge is 0.477 e. The smallest absolute Gasteiger partial charge is 0.364 e. The number of nitrogens with one attached hydrogen (secondary N) is 4. The van der Waals surface area contributed by atoms with Gasteiger partial charge < -0.3 is 190 Å². The number of carbonyl (C=O) groups is 5. The number of amides is 4. The van der Waals surface area contributed by atoms with Gasteiger partial charge >= 0.3 is 5.97 Å². The van der Waals surface area contributed by atoms with Crippen molar-refractivity contribution in [3.05, 3.63) is 0 Å². The fourth-order valence-electron chi connectivity index (χ4n) is 12.1. The summed E-state index contributed by atoms with van der Waals surface area (Å²) in [5, 5.41) is 238. The minimum Gasteiger partial charge on any atom is -0.477 e. The summed E-state index contributed by atoms with van der Waals surface area (Å²) >= 11 is 0. The molecule has 7 heterocycles. The van der Waals surface area contributed by atoms with Gasteiger partial charge in [-0.3, -0.25) is 19.2 Å². The molecule has 25 N–H and O–H groups in total. The summed E-state index contributed by atoms with van der Waals surface area (Å²) in [4.78, 5) is 62.1.